The van der Waals surface area contributed by atoms with Gasteiger partial charge in [0.2, 0.25) is 0 Å². The number of carbonyl (C=O) groups is 2. The van der Waals surface area contributed by atoms with Crippen LogP contribution in [0.1, 0.15) is 13.3 Å². The highest BCUT2D eigenvalue weighted by molar-refractivity contribution is 5.96. The average molecular weight is 303 g/mol. The van der Waals surface area contributed by atoms with Gasteiger partial charge in [-0.15, -0.1) is 0 Å². The fourth-order valence-corrected chi connectivity index (χ4v) is 1.20. The maximum atomic E-state index is 11.3. The largest absolute Gasteiger partial charge is 0.466 e. The molecule has 0 radical (unpaired) electrons. The number of ether oxygens (including phenoxy) is 4. The van der Waals surface area contributed by atoms with Crippen molar-refractivity contribution < 1.29 is 28.5 Å². The van der Waals surface area contributed by atoms with Gasteiger partial charge in [-0.3, -0.25) is 9.59 Å². The van der Waals surface area contributed by atoms with Crippen LogP contribution in [0.4, 0.5) is 0 Å². The van der Waals surface area contributed by atoms with E-state index < -0.39 is 5.97 Å². The van der Waals surface area contributed by atoms with Crippen molar-refractivity contribution in [3.05, 3.63) is 10.4 Å². The lowest BCUT2D eigenvalue weighted by Crippen LogP contribution is -2.17. The third-order valence-electron chi connectivity index (χ3n) is 2.05. The SMILES string of the molecule is CCOC(=O)CC(=O)COCCOCCOCCN=[N+]=[N-]. The fourth-order valence-electron chi connectivity index (χ4n) is 1.20. The van der Waals surface area contributed by atoms with E-state index in [0.717, 1.165) is 0 Å². The van der Waals surface area contributed by atoms with Gasteiger partial charge in [0.05, 0.1) is 39.6 Å². The zero-order valence-electron chi connectivity index (χ0n) is 12.2. The van der Waals surface area contributed by atoms with Crippen molar-refractivity contribution in [2.45, 2.75) is 13.3 Å². The number of ketones is 1. The van der Waals surface area contributed by atoms with Gasteiger partial charge in [-0.25, -0.2) is 0 Å². The highest BCUT2D eigenvalue weighted by atomic mass is 16.5. The van der Waals surface area contributed by atoms with Crippen LogP contribution in [0.5, 0.6) is 0 Å². The molecule has 0 N–H and O–H groups in total. The topological polar surface area (TPSA) is 120 Å². The molecule has 9 nitrogen and oxygen atoms in total. The summed E-state index contributed by atoms with van der Waals surface area (Å²) in [5, 5.41) is 3.31. The first-order chi connectivity index (χ1) is 10.2. The van der Waals surface area contributed by atoms with Crippen molar-refractivity contribution in [3.63, 3.8) is 0 Å². The number of Topliss-reactive ketones (excluding diaryl/α,β-unsaturated/α-hetero) is 1. The van der Waals surface area contributed by atoms with E-state index in [1.165, 1.54) is 0 Å². The molecule has 0 atom stereocenters. The van der Waals surface area contributed by atoms with Gasteiger partial charge in [0.1, 0.15) is 13.0 Å². The number of hydrogen-bond donors (Lipinski definition) is 0. The van der Waals surface area contributed by atoms with Crippen LogP contribution in [0.25, 0.3) is 10.4 Å². The Morgan fingerprint density at radius 2 is 1.67 bits per heavy atom. The molecule has 0 aliphatic carbocycles. The van der Waals surface area contributed by atoms with E-state index in [-0.39, 0.29) is 32.0 Å². The predicted octanol–water partition coefficient (Wildman–Crippen LogP) is 0.869. The van der Waals surface area contributed by atoms with Crippen LogP contribution in [0.3, 0.4) is 0 Å². The van der Waals surface area contributed by atoms with Crippen molar-refractivity contribution >= 4 is 11.8 Å². The lowest BCUT2D eigenvalue weighted by molar-refractivity contribution is -0.146. The highest BCUT2D eigenvalue weighted by Crippen LogP contribution is 1.90. The van der Waals surface area contributed by atoms with Gasteiger partial charge in [-0.1, -0.05) is 5.11 Å². The second kappa shape index (κ2) is 14.7. The summed E-state index contributed by atoms with van der Waals surface area (Å²) in [6.07, 6.45) is -0.270. The number of nitrogens with zero attached hydrogens (tertiary/aromatic N) is 3. The maximum absolute atomic E-state index is 11.3. The van der Waals surface area contributed by atoms with Crippen LogP contribution < -0.4 is 0 Å². The Bertz CT molecular complexity index is 344. The highest BCUT2D eigenvalue weighted by Gasteiger charge is 2.09. The summed E-state index contributed by atoms with van der Waals surface area (Å²) in [6.45, 7) is 3.81. The normalized spacial score (nSPS) is 9.95. The minimum Gasteiger partial charge on any atom is -0.466 e. The Hall–Kier alpha value is -1.67. The van der Waals surface area contributed by atoms with E-state index in [0.29, 0.717) is 33.0 Å². The molecule has 0 saturated heterocycles. The zero-order chi connectivity index (χ0) is 15.8. The molecule has 0 saturated carbocycles. The van der Waals surface area contributed by atoms with Gasteiger partial charge in [0.25, 0.3) is 0 Å². The molecule has 0 aliphatic rings. The summed E-state index contributed by atoms with van der Waals surface area (Å²) in [6, 6.07) is 0. The Morgan fingerprint density at radius 3 is 2.29 bits per heavy atom. The van der Waals surface area contributed by atoms with Crippen LogP contribution in [0, 0.1) is 0 Å². The van der Waals surface area contributed by atoms with Gasteiger partial charge in [-0.05, 0) is 12.5 Å². The van der Waals surface area contributed by atoms with E-state index in [4.69, 9.17) is 19.7 Å². The molecular formula is C12H21N3O6. The molecule has 0 aromatic rings. The van der Waals surface area contributed by atoms with Crippen LogP contribution in [0.2, 0.25) is 0 Å². The lowest BCUT2D eigenvalue weighted by atomic mass is 10.3. The third kappa shape index (κ3) is 14.5. The summed E-state index contributed by atoms with van der Waals surface area (Å²) in [5.74, 6) is -0.866. The van der Waals surface area contributed by atoms with Crippen molar-refractivity contribution in [2.24, 2.45) is 5.11 Å². The average Bonchev–Trinajstić information content (AvgIpc) is 2.45. The first-order valence-corrected chi connectivity index (χ1v) is 6.62. The van der Waals surface area contributed by atoms with Crippen molar-refractivity contribution in [1.82, 2.24) is 0 Å². The Balaban J connectivity index is 3.26. The molecule has 0 rings (SSSR count). The Morgan fingerprint density at radius 1 is 1.05 bits per heavy atom. The molecule has 0 fully saturated rings. The lowest BCUT2D eigenvalue weighted by Gasteiger charge is -2.06. The quantitative estimate of drug-likeness (QED) is 0.117. The number of carbonyl (C=O) groups excluding carboxylic acids is 2. The molecule has 0 spiro atoms. The molecule has 0 unspecified atom stereocenters. The number of esters is 1. The van der Waals surface area contributed by atoms with E-state index in [1.54, 1.807) is 6.92 Å². The molecule has 0 aromatic carbocycles. The summed E-state index contributed by atoms with van der Waals surface area (Å²) in [5.41, 5.74) is 8.02. The van der Waals surface area contributed by atoms with E-state index in [2.05, 4.69) is 14.8 Å². The minimum absolute atomic E-state index is 0.134. The summed E-state index contributed by atoms with van der Waals surface area (Å²) >= 11 is 0. The molecule has 0 amide bonds. The van der Waals surface area contributed by atoms with Crippen molar-refractivity contribution in [3.8, 4) is 0 Å². The predicted molar refractivity (Wildman–Crippen MR) is 72.7 cm³/mol. The fraction of sp³-hybridized carbons (Fsp3) is 0.833. The standard InChI is InChI=1S/C12H21N3O6/c1-2-21-12(17)9-11(16)10-20-8-7-19-6-5-18-4-3-14-15-13/h2-10H2,1H3. The molecule has 0 aliphatic heterocycles. The Kier molecular flexibility index (Phi) is 13.6. The van der Waals surface area contributed by atoms with Gasteiger partial charge >= 0.3 is 5.97 Å². The number of azide groups is 1. The minimum atomic E-state index is -0.541. The second-order valence-corrected chi connectivity index (χ2v) is 3.75. The molecular weight excluding hydrogens is 282 g/mol. The van der Waals surface area contributed by atoms with Gasteiger partial charge in [-0.2, -0.15) is 0 Å². The van der Waals surface area contributed by atoms with E-state index in [9.17, 15) is 9.59 Å². The first-order valence-electron chi connectivity index (χ1n) is 6.62. The van der Waals surface area contributed by atoms with E-state index in [1.807, 2.05) is 0 Å². The molecule has 0 bridgehead atoms. The molecule has 0 aromatic heterocycles. The van der Waals surface area contributed by atoms with Crippen LogP contribution in [-0.2, 0) is 28.5 Å². The van der Waals surface area contributed by atoms with Crippen molar-refractivity contribution in [2.75, 3.05) is 52.8 Å². The summed E-state index contributed by atoms with van der Waals surface area (Å²) < 4.78 is 20.0. The summed E-state index contributed by atoms with van der Waals surface area (Å²) in [4.78, 5) is 24.8. The van der Waals surface area contributed by atoms with Crippen LogP contribution in [0.15, 0.2) is 5.11 Å². The third-order valence-corrected chi connectivity index (χ3v) is 2.05. The Labute approximate surface area is 123 Å². The van der Waals surface area contributed by atoms with Gasteiger partial charge < -0.3 is 18.9 Å². The molecule has 120 valence electrons. The monoisotopic (exact) mass is 303 g/mol. The first kappa shape index (κ1) is 19.3. The summed E-state index contributed by atoms with van der Waals surface area (Å²) in [7, 11) is 0. The number of rotatable bonds is 14. The maximum Gasteiger partial charge on any atom is 0.313 e. The second-order valence-electron chi connectivity index (χ2n) is 3.75. The number of hydrogen-bond acceptors (Lipinski definition) is 7. The molecule has 9 heteroatoms. The van der Waals surface area contributed by atoms with Gasteiger partial charge in [0, 0.05) is 11.5 Å². The van der Waals surface area contributed by atoms with Crippen LogP contribution >= 0.6 is 0 Å². The smallest absolute Gasteiger partial charge is 0.313 e. The molecule has 0 heterocycles. The molecule has 21 heavy (non-hydrogen) atoms. The van der Waals surface area contributed by atoms with Gasteiger partial charge in [0.15, 0.2) is 5.78 Å². The van der Waals surface area contributed by atoms with Crippen LogP contribution in [-0.4, -0.2) is 64.5 Å². The van der Waals surface area contributed by atoms with E-state index >= 15 is 0 Å². The van der Waals surface area contributed by atoms with Crippen molar-refractivity contribution in [1.29, 1.82) is 0 Å². The zero-order valence-corrected chi connectivity index (χ0v) is 12.2.